The van der Waals surface area contributed by atoms with Gasteiger partial charge in [0.05, 0.1) is 26.2 Å². The zero-order valence-corrected chi connectivity index (χ0v) is 18.9. The number of ether oxygens (including phenoxy) is 4. The van der Waals surface area contributed by atoms with Gasteiger partial charge in [-0.05, 0) is 35.4 Å². The highest BCUT2D eigenvalue weighted by Gasteiger charge is 2.41. The van der Waals surface area contributed by atoms with Crippen molar-refractivity contribution >= 4 is 46.4 Å². The third kappa shape index (κ3) is 5.87. The van der Waals surface area contributed by atoms with E-state index in [2.05, 4.69) is 0 Å². The third-order valence-corrected chi connectivity index (χ3v) is 5.74. The molecule has 2 aromatic rings. The quantitative estimate of drug-likeness (QED) is 0.412. The molecule has 1 aliphatic heterocycles. The molecule has 0 aliphatic carbocycles. The van der Waals surface area contributed by atoms with Gasteiger partial charge in [0, 0.05) is 32.8 Å². The lowest BCUT2D eigenvalue weighted by atomic mass is 10.1. The van der Waals surface area contributed by atoms with Gasteiger partial charge in [-0.3, -0.25) is 0 Å². The van der Waals surface area contributed by atoms with E-state index in [-0.39, 0.29) is 25.4 Å². The van der Waals surface area contributed by atoms with Crippen LogP contribution in [0.3, 0.4) is 0 Å². The molecule has 0 aromatic heterocycles. The lowest BCUT2D eigenvalue weighted by Crippen LogP contribution is -2.30. The van der Waals surface area contributed by atoms with Gasteiger partial charge in [-0.1, -0.05) is 58.5 Å². The van der Waals surface area contributed by atoms with Gasteiger partial charge in [0.1, 0.15) is 12.2 Å². The standard InChI is InChI=1S/C21H19Cl4FO4/c1-27-21-16(8-26)20(29-10-13-3-5-15(23)7-18(13)25)19(30-21)11-28-9-12-2-4-14(22)6-17(12)24/h2-8,19-21H,9-11H2,1H3. The second-order valence-corrected chi connectivity index (χ2v) is 8.26. The predicted octanol–water partition coefficient (Wildman–Crippen LogP) is 6.63. The summed E-state index contributed by atoms with van der Waals surface area (Å²) < 4.78 is 36.2. The van der Waals surface area contributed by atoms with Crippen LogP contribution in [-0.4, -0.2) is 32.2 Å². The van der Waals surface area contributed by atoms with Crippen molar-refractivity contribution in [1.82, 2.24) is 0 Å². The lowest BCUT2D eigenvalue weighted by Gasteiger charge is -2.20. The van der Waals surface area contributed by atoms with Crippen molar-refractivity contribution in [2.75, 3.05) is 13.7 Å². The zero-order chi connectivity index (χ0) is 21.7. The van der Waals surface area contributed by atoms with Crippen LogP contribution in [0, 0.1) is 0 Å². The van der Waals surface area contributed by atoms with Crippen molar-refractivity contribution in [3.05, 3.63) is 79.5 Å². The van der Waals surface area contributed by atoms with E-state index in [1.54, 1.807) is 36.4 Å². The van der Waals surface area contributed by atoms with Crippen molar-refractivity contribution in [2.24, 2.45) is 0 Å². The van der Waals surface area contributed by atoms with Crippen LogP contribution in [0.2, 0.25) is 20.1 Å². The van der Waals surface area contributed by atoms with Crippen LogP contribution in [0.1, 0.15) is 11.1 Å². The van der Waals surface area contributed by atoms with E-state index in [4.69, 9.17) is 65.4 Å². The number of methoxy groups -OCH3 is 1. The topological polar surface area (TPSA) is 36.9 Å². The lowest BCUT2D eigenvalue weighted by molar-refractivity contribution is -0.133. The smallest absolute Gasteiger partial charge is 0.185 e. The maximum atomic E-state index is 13.6. The van der Waals surface area contributed by atoms with Crippen LogP contribution in [0.4, 0.5) is 4.39 Å². The predicted molar refractivity (Wildman–Crippen MR) is 116 cm³/mol. The van der Waals surface area contributed by atoms with Crippen LogP contribution < -0.4 is 0 Å². The summed E-state index contributed by atoms with van der Waals surface area (Å²) in [7, 11) is 1.43. The molecule has 0 amide bonds. The van der Waals surface area contributed by atoms with Crippen LogP contribution in [0.5, 0.6) is 0 Å². The minimum Gasteiger partial charge on any atom is -0.374 e. The van der Waals surface area contributed by atoms with Gasteiger partial charge in [0.25, 0.3) is 0 Å². The molecule has 3 unspecified atom stereocenters. The average Bonchev–Trinajstić information content (AvgIpc) is 3.05. The van der Waals surface area contributed by atoms with E-state index < -0.39 is 18.5 Å². The van der Waals surface area contributed by atoms with Gasteiger partial charge in [-0.2, -0.15) is 0 Å². The SMILES string of the molecule is COC1OC(COCc2ccc(Cl)cc2Cl)C(OCc2ccc(Cl)cc2Cl)C1=CF. The van der Waals surface area contributed by atoms with Crippen molar-refractivity contribution in [3.8, 4) is 0 Å². The van der Waals surface area contributed by atoms with Gasteiger partial charge in [-0.25, -0.2) is 4.39 Å². The second kappa shape index (κ2) is 11.1. The van der Waals surface area contributed by atoms with Crippen LogP contribution >= 0.6 is 46.4 Å². The molecule has 0 bridgehead atoms. The van der Waals surface area contributed by atoms with Crippen LogP contribution in [-0.2, 0) is 32.2 Å². The molecular formula is C21H19Cl4FO4. The van der Waals surface area contributed by atoms with E-state index in [1.165, 1.54) is 7.11 Å². The van der Waals surface area contributed by atoms with Gasteiger partial charge >= 0.3 is 0 Å². The summed E-state index contributed by atoms with van der Waals surface area (Å²) in [5.41, 5.74) is 1.72. The van der Waals surface area contributed by atoms with Crippen molar-refractivity contribution < 1.29 is 23.3 Å². The highest BCUT2D eigenvalue weighted by atomic mass is 35.5. The van der Waals surface area contributed by atoms with E-state index in [9.17, 15) is 4.39 Å². The fourth-order valence-electron chi connectivity index (χ4n) is 3.03. The van der Waals surface area contributed by atoms with Gasteiger partial charge in [-0.15, -0.1) is 0 Å². The minimum atomic E-state index is -0.867. The maximum absolute atomic E-state index is 13.6. The first-order valence-corrected chi connectivity index (χ1v) is 10.5. The Morgan fingerprint density at radius 3 is 2.10 bits per heavy atom. The molecular weight excluding hydrogens is 477 g/mol. The Hall–Kier alpha value is -0.890. The Morgan fingerprint density at radius 1 is 0.967 bits per heavy atom. The number of hydrogen-bond donors (Lipinski definition) is 0. The molecule has 0 radical (unpaired) electrons. The highest BCUT2D eigenvalue weighted by Crippen LogP contribution is 2.32. The molecule has 2 aromatic carbocycles. The van der Waals surface area contributed by atoms with Crippen LogP contribution in [0.15, 0.2) is 48.3 Å². The fourth-order valence-corrected chi connectivity index (χ4v) is 3.96. The first-order valence-electron chi connectivity index (χ1n) is 8.98. The molecule has 1 heterocycles. The molecule has 3 rings (SSSR count). The second-order valence-electron chi connectivity index (χ2n) is 6.57. The number of hydrogen-bond acceptors (Lipinski definition) is 4. The molecule has 1 aliphatic rings. The largest absolute Gasteiger partial charge is 0.374 e. The summed E-state index contributed by atoms with van der Waals surface area (Å²) in [4.78, 5) is 0. The van der Waals surface area contributed by atoms with Gasteiger partial charge < -0.3 is 18.9 Å². The van der Waals surface area contributed by atoms with Crippen molar-refractivity contribution in [3.63, 3.8) is 0 Å². The van der Waals surface area contributed by atoms with Crippen LogP contribution in [0.25, 0.3) is 0 Å². The summed E-state index contributed by atoms with van der Waals surface area (Å²) in [6.45, 7) is 0.504. The molecule has 3 atom stereocenters. The molecule has 1 saturated heterocycles. The maximum Gasteiger partial charge on any atom is 0.185 e. The molecule has 4 nitrogen and oxygen atoms in total. The monoisotopic (exact) mass is 494 g/mol. The third-order valence-electron chi connectivity index (χ3n) is 4.57. The van der Waals surface area contributed by atoms with Gasteiger partial charge in [0.15, 0.2) is 6.29 Å². The van der Waals surface area contributed by atoms with E-state index >= 15 is 0 Å². The number of rotatable bonds is 8. The molecule has 0 saturated carbocycles. The summed E-state index contributed by atoms with van der Waals surface area (Å²) in [6, 6.07) is 10.2. The summed E-state index contributed by atoms with van der Waals surface area (Å²) in [6.07, 6.45) is -1.73. The molecule has 1 fully saturated rings. The molecule has 162 valence electrons. The Bertz CT molecular complexity index is 909. The highest BCUT2D eigenvalue weighted by molar-refractivity contribution is 6.35. The Labute approximate surface area is 194 Å². The Kier molecular flexibility index (Phi) is 8.81. The Morgan fingerprint density at radius 2 is 1.57 bits per heavy atom. The fraction of sp³-hybridized carbons (Fsp3) is 0.333. The van der Waals surface area contributed by atoms with E-state index in [1.807, 2.05) is 0 Å². The van der Waals surface area contributed by atoms with Crippen molar-refractivity contribution in [1.29, 1.82) is 0 Å². The Balaban J connectivity index is 1.66. The summed E-state index contributed by atoms with van der Waals surface area (Å²) in [5, 5.41) is 2.02. The van der Waals surface area contributed by atoms with E-state index in [0.29, 0.717) is 32.0 Å². The molecule has 0 spiro atoms. The first-order chi connectivity index (χ1) is 14.4. The summed E-state index contributed by atoms with van der Waals surface area (Å²) in [5.74, 6) is 0. The summed E-state index contributed by atoms with van der Waals surface area (Å²) >= 11 is 24.2. The van der Waals surface area contributed by atoms with Gasteiger partial charge in [0.2, 0.25) is 0 Å². The number of benzene rings is 2. The number of halogens is 5. The van der Waals surface area contributed by atoms with E-state index in [0.717, 1.165) is 5.56 Å². The molecule has 30 heavy (non-hydrogen) atoms. The minimum absolute atomic E-state index is 0.134. The zero-order valence-electron chi connectivity index (χ0n) is 15.9. The van der Waals surface area contributed by atoms with Crippen molar-refractivity contribution in [2.45, 2.75) is 31.7 Å². The molecule has 9 heteroatoms. The molecule has 0 N–H and O–H groups in total. The first kappa shape index (κ1) is 23.8. The average molecular weight is 496 g/mol. The normalized spacial score (nSPS) is 22.7.